The molecule has 0 atom stereocenters. The summed E-state index contributed by atoms with van der Waals surface area (Å²) >= 11 is 0. The minimum Gasteiger partial charge on any atom is -0.392 e. The third-order valence-corrected chi connectivity index (χ3v) is 5.12. The Morgan fingerprint density at radius 3 is 2.29 bits per heavy atom. The molecule has 10 heteroatoms. The molecule has 0 amide bonds. The summed E-state index contributed by atoms with van der Waals surface area (Å²) in [7, 11) is -4.10. The lowest BCUT2D eigenvalue weighted by atomic mass is 10.1. The summed E-state index contributed by atoms with van der Waals surface area (Å²) in [6.45, 7) is 1.19. The summed E-state index contributed by atoms with van der Waals surface area (Å²) in [5, 5.41) is 18.2. The molecule has 0 fully saturated rings. The van der Waals surface area contributed by atoms with Crippen LogP contribution in [0.15, 0.2) is 53.4 Å². The number of aliphatic hydroxyl groups excluding tert-OH is 1. The summed E-state index contributed by atoms with van der Waals surface area (Å²) in [6, 6.07) is 11.4. The highest BCUT2D eigenvalue weighted by Crippen LogP contribution is 2.33. The van der Waals surface area contributed by atoms with E-state index in [0.29, 0.717) is 5.56 Å². The van der Waals surface area contributed by atoms with Gasteiger partial charge in [-0.1, -0.05) is 29.8 Å². The number of aryl methyl sites for hydroxylation is 1. The van der Waals surface area contributed by atoms with E-state index in [1.807, 2.05) is 6.92 Å². The van der Waals surface area contributed by atoms with E-state index in [1.54, 1.807) is 24.3 Å². The molecule has 0 aliphatic rings. The number of hydrogen-bond acceptors (Lipinski definition) is 4. The maximum atomic E-state index is 13.2. The highest BCUT2D eigenvalue weighted by Gasteiger charge is 2.35. The molecule has 0 aliphatic carbocycles. The second kappa shape index (κ2) is 7.04. The molecular formula is C18H16F3N3O3S. The summed E-state index contributed by atoms with van der Waals surface area (Å²) in [5.41, 5.74) is 0.616. The Kier molecular flexibility index (Phi) is 5.04. The highest BCUT2D eigenvalue weighted by molar-refractivity contribution is 7.89. The van der Waals surface area contributed by atoms with Crippen molar-refractivity contribution in [1.82, 2.24) is 9.78 Å². The third-order valence-electron chi connectivity index (χ3n) is 4.11. The third kappa shape index (κ3) is 3.93. The van der Waals surface area contributed by atoms with Gasteiger partial charge in [0.25, 0.3) is 0 Å². The molecule has 2 aromatic carbocycles. The smallest absolute Gasteiger partial charge is 0.392 e. The van der Waals surface area contributed by atoms with Gasteiger partial charge in [0.1, 0.15) is 0 Å². The average molecular weight is 411 g/mol. The summed E-state index contributed by atoms with van der Waals surface area (Å²) < 4.78 is 64.0. The number of hydrogen-bond donors (Lipinski definition) is 2. The first-order chi connectivity index (χ1) is 13.0. The number of aromatic nitrogens is 2. The van der Waals surface area contributed by atoms with Gasteiger partial charge >= 0.3 is 6.18 Å². The van der Waals surface area contributed by atoms with Crippen LogP contribution < -0.4 is 5.14 Å². The molecule has 0 aliphatic heterocycles. The van der Waals surface area contributed by atoms with Crippen LogP contribution in [0.25, 0.3) is 16.9 Å². The minimum atomic E-state index is -4.66. The number of aliphatic hydroxyl groups is 1. The number of benzene rings is 2. The number of halogens is 3. The van der Waals surface area contributed by atoms with Crippen molar-refractivity contribution in [1.29, 1.82) is 0 Å². The number of alkyl halides is 3. The van der Waals surface area contributed by atoms with Gasteiger partial charge in [0.2, 0.25) is 10.0 Å². The van der Waals surface area contributed by atoms with Crippen molar-refractivity contribution in [2.45, 2.75) is 24.6 Å². The van der Waals surface area contributed by atoms with Gasteiger partial charge in [-0.05, 0) is 36.8 Å². The van der Waals surface area contributed by atoms with Crippen LogP contribution >= 0.6 is 0 Å². The predicted molar refractivity (Wildman–Crippen MR) is 96.0 cm³/mol. The lowest BCUT2D eigenvalue weighted by Gasteiger charge is -2.11. The van der Waals surface area contributed by atoms with Crippen molar-refractivity contribution in [2.75, 3.05) is 0 Å². The van der Waals surface area contributed by atoms with Crippen LogP contribution in [0.3, 0.4) is 0 Å². The van der Waals surface area contributed by atoms with E-state index in [1.165, 1.54) is 12.1 Å². The van der Waals surface area contributed by atoms with Crippen LogP contribution in [0.2, 0.25) is 0 Å². The fourth-order valence-corrected chi connectivity index (χ4v) is 3.49. The van der Waals surface area contributed by atoms with Crippen LogP contribution in [-0.2, 0) is 22.8 Å². The van der Waals surface area contributed by atoms with Gasteiger partial charge < -0.3 is 5.11 Å². The molecule has 6 nitrogen and oxygen atoms in total. The van der Waals surface area contributed by atoms with E-state index in [2.05, 4.69) is 5.10 Å². The molecule has 0 unspecified atom stereocenters. The number of nitrogens with zero attached hydrogens (tertiary/aromatic N) is 2. The SMILES string of the molecule is Cc1ccc(-c2cc(C(F)(F)F)nn2-c2ccc(S(N)(=O)=O)c(CO)c2)cc1. The molecule has 1 aromatic heterocycles. The lowest BCUT2D eigenvalue weighted by molar-refractivity contribution is -0.141. The zero-order valence-electron chi connectivity index (χ0n) is 14.6. The predicted octanol–water partition coefficient (Wildman–Crippen LogP) is 3.01. The summed E-state index contributed by atoms with van der Waals surface area (Å²) in [4.78, 5) is -0.307. The minimum absolute atomic E-state index is 0.0427. The molecule has 0 saturated heterocycles. The molecule has 0 bridgehead atoms. The largest absolute Gasteiger partial charge is 0.435 e. The fourth-order valence-electron chi connectivity index (χ4n) is 2.75. The second-order valence-electron chi connectivity index (χ2n) is 6.19. The molecule has 148 valence electrons. The number of rotatable bonds is 4. The van der Waals surface area contributed by atoms with Gasteiger partial charge in [0.05, 0.1) is 22.9 Å². The molecule has 0 saturated carbocycles. The Balaban J connectivity index is 2.23. The molecule has 0 spiro atoms. The normalized spacial score (nSPS) is 12.4. The second-order valence-corrected chi connectivity index (χ2v) is 7.72. The van der Waals surface area contributed by atoms with E-state index in [4.69, 9.17) is 5.14 Å². The number of nitrogens with two attached hydrogens (primary N) is 1. The monoisotopic (exact) mass is 411 g/mol. The molecule has 3 aromatic rings. The Labute approximate surface area is 159 Å². The van der Waals surface area contributed by atoms with Gasteiger partial charge in [-0.3, -0.25) is 0 Å². The quantitative estimate of drug-likeness (QED) is 0.690. The Morgan fingerprint density at radius 2 is 1.75 bits per heavy atom. The average Bonchev–Trinajstić information content (AvgIpc) is 3.06. The first-order valence-electron chi connectivity index (χ1n) is 8.02. The molecular weight excluding hydrogens is 395 g/mol. The van der Waals surface area contributed by atoms with E-state index < -0.39 is 28.5 Å². The van der Waals surface area contributed by atoms with E-state index in [0.717, 1.165) is 22.4 Å². The van der Waals surface area contributed by atoms with Crippen molar-refractivity contribution in [3.63, 3.8) is 0 Å². The standard InChI is InChI=1S/C18H16F3N3O3S/c1-11-2-4-12(5-3-11)15-9-17(18(19,20)21)23-24(15)14-6-7-16(28(22,26)27)13(8-14)10-25/h2-9,25H,10H2,1H3,(H2,22,26,27). The number of sulfonamides is 1. The zero-order chi connectivity index (χ0) is 20.7. The van der Waals surface area contributed by atoms with Crippen molar-refractivity contribution in [3.8, 4) is 16.9 Å². The molecule has 3 rings (SSSR count). The highest BCUT2D eigenvalue weighted by atomic mass is 32.2. The van der Waals surface area contributed by atoms with Gasteiger partial charge in [-0.2, -0.15) is 18.3 Å². The van der Waals surface area contributed by atoms with Crippen LogP contribution in [0, 0.1) is 6.92 Å². The van der Waals surface area contributed by atoms with Crippen LogP contribution in [-0.4, -0.2) is 23.3 Å². The molecule has 1 heterocycles. The zero-order valence-corrected chi connectivity index (χ0v) is 15.4. The number of primary sulfonamides is 1. The van der Waals surface area contributed by atoms with Gasteiger partial charge in [0.15, 0.2) is 5.69 Å². The first-order valence-corrected chi connectivity index (χ1v) is 9.56. The summed E-state index contributed by atoms with van der Waals surface area (Å²) in [6.07, 6.45) is -4.66. The fraction of sp³-hybridized carbons (Fsp3) is 0.167. The van der Waals surface area contributed by atoms with E-state index >= 15 is 0 Å². The lowest BCUT2D eigenvalue weighted by Crippen LogP contribution is -2.15. The molecule has 3 N–H and O–H groups in total. The van der Waals surface area contributed by atoms with Crippen molar-refractivity contribution >= 4 is 10.0 Å². The molecule has 28 heavy (non-hydrogen) atoms. The maximum Gasteiger partial charge on any atom is 0.435 e. The Morgan fingerprint density at radius 1 is 1.11 bits per heavy atom. The molecule has 0 radical (unpaired) electrons. The Hall–Kier alpha value is -2.69. The van der Waals surface area contributed by atoms with Crippen LogP contribution in [0.5, 0.6) is 0 Å². The maximum absolute atomic E-state index is 13.2. The van der Waals surface area contributed by atoms with Crippen molar-refractivity contribution < 1.29 is 26.7 Å². The first kappa shape index (κ1) is 20.1. The Bertz CT molecular complexity index is 1120. The van der Waals surface area contributed by atoms with E-state index in [-0.39, 0.29) is 21.8 Å². The van der Waals surface area contributed by atoms with E-state index in [9.17, 15) is 26.7 Å². The van der Waals surface area contributed by atoms with Gasteiger partial charge in [0, 0.05) is 5.56 Å². The van der Waals surface area contributed by atoms with Gasteiger partial charge in [-0.15, -0.1) is 0 Å². The van der Waals surface area contributed by atoms with Crippen molar-refractivity contribution in [2.24, 2.45) is 5.14 Å². The van der Waals surface area contributed by atoms with Gasteiger partial charge in [-0.25, -0.2) is 18.2 Å². The van der Waals surface area contributed by atoms with Crippen LogP contribution in [0.1, 0.15) is 16.8 Å². The summed E-state index contributed by atoms with van der Waals surface area (Å²) in [5.74, 6) is 0. The topological polar surface area (TPSA) is 98.2 Å². The van der Waals surface area contributed by atoms with Crippen molar-refractivity contribution in [3.05, 3.63) is 65.4 Å². The van der Waals surface area contributed by atoms with Crippen LogP contribution in [0.4, 0.5) is 13.2 Å².